The van der Waals surface area contributed by atoms with Crippen LogP contribution in [0.5, 0.6) is 0 Å². The molecule has 0 radical (unpaired) electrons. The van der Waals surface area contributed by atoms with E-state index in [2.05, 4.69) is 48.5 Å². The van der Waals surface area contributed by atoms with Crippen molar-refractivity contribution in [1.82, 2.24) is 0 Å². The molecule has 98 valence electrons. The van der Waals surface area contributed by atoms with Gasteiger partial charge in [0.2, 0.25) is 0 Å². The maximum absolute atomic E-state index is 2.48. The molecule has 0 heteroatoms. The van der Waals surface area contributed by atoms with E-state index in [0.29, 0.717) is 0 Å². The summed E-state index contributed by atoms with van der Waals surface area (Å²) in [6.07, 6.45) is 5.40. The average molecular weight is 226 g/mol. The summed E-state index contributed by atoms with van der Waals surface area (Å²) in [4.78, 5) is 0. The molecule has 0 saturated carbocycles. The van der Waals surface area contributed by atoms with E-state index >= 15 is 0 Å². The molecular formula is C16H34. The minimum Gasteiger partial charge on any atom is -0.0654 e. The number of hydrogen-bond acceptors (Lipinski definition) is 0. The molecule has 0 aromatic carbocycles. The van der Waals surface area contributed by atoms with Crippen molar-refractivity contribution >= 4 is 0 Å². The molecule has 0 nitrogen and oxygen atoms in total. The molecule has 0 aromatic heterocycles. The predicted molar refractivity (Wildman–Crippen MR) is 75.6 cm³/mol. The highest BCUT2D eigenvalue weighted by Crippen LogP contribution is 2.35. The first-order valence-corrected chi connectivity index (χ1v) is 7.49. The Labute approximate surface area is 104 Å². The molecule has 0 heterocycles. The molecule has 16 heavy (non-hydrogen) atoms. The second kappa shape index (κ2) is 8.14. The summed E-state index contributed by atoms with van der Waals surface area (Å²) >= 11 is 0. The third-order valence-corrected chi connectivity index (χ3v) is 4.99. The van der Waals surface area contributed by atoms with Gasteiger partial charge >= 0.3 is 0 Å². The Morgan fingerprint density at radius 1 is 0.688 bits per heavy atom. The largest absolute Gasteiger partial charge is 0.0654 e. The molecule has 0 amide bonds. The van der Waals surface area contributed by atoms with Crippen LogP contribution in [0.4, 0.5) is 0 Å². The van der Waals surface area contributed by atoms with Crippen LogP contribution in [0.3, 0.4) is 0 Å². The predicted octanol–water partition coefficient (Wildman–Crippen LogP) is 5.77. The molecular weight excluding hydrogens is 192 g/mol. The zero-order valence-electron chi connectivity index (χ0n) is 12.7. The SMILES string of the molecule is CCCC(C)C(C)C(C)C(CC)C(C)CC. The quantitative estimate of drug-likeness (QED) is 0.493. The first-order chi connectivity index (χ1) is 7.49. The Morgan fingerprint density at radius 3 is 1.62 bits per heavy atom. The molecule has 5 atom stereocenters. The summed E-state index contributed by atoms with van der Waals surface area (Å²) < 4.78 is 0. The van der Waals surface area contributed by atoms with Gasteiger partial charge in [-0.15, -0.1) is 0 Å². The van der Waals surface area contributed by atoms with E-state index in [9.17, 15) is 0 Å². The minimum absolute atomic E-state index is 0.874. The number of rotatable bonds is 8. The van der Waals surface area contributed by atoms with E-state index in [0.717, 1.165) is 29.6 Å². The first kappa shape index (κ1) is 16.0. The third-order valence-electron chi connectivity index (χ3n) is 4.99. The van der Waals surface area contributed by atoms with E-state index in [4.69, 9.17) is 0 Å². The van der Waals surface area contributed by atoms with Crippen molar-refractivity contribution in [3.8, 4) is 0 Å². The van der Waals surface area contributed by atoms with E-state index in [1.807, 2.05) is 0 Å². The first-order valence-electron chi connectivity index (χ1n) is 7.49. The average Bonchev–Trinajstić information content (AvgIpc) is 2.28. The van der Waals surface area contributed by atoms with Crippen molar-refractivity contribution < 1.29 is 0 Å². The topological polar surface area (TPSA) is 0 Å². The van der Waals surface area contributed by atoms with E-state index in [-0.39, 0.29) is 0 Å². The second-order valence-electron chi connectivity index (χ2n) is 5.94. The molecule has 0 aliphatic rings. The zero-order chi connectivity index (χ0) is 12.7. The maximum atomic E-state index is 2.48. The maximum Gasteiger partial charge on any atom is -0.0363 e. The highest BCUT2D eigenvalue weighted by molar-refractivity contribution is 4.77. The Bertz CT molecular complexity index is 161. The second-order valence-corrected chi connectivity index (χ2v) is 5.94. The molecule has 0 fully saturated rings. The number of hydrogen-bond donors (Lipinski definition) is 0. The normalized spacial score (nSPS) is 21.2. The lowest BCUT2D eigenvalue weighted by Gasteiger charge is -2.35. The summed E-state index contributed by atoms with van der Waals surface area (Å²) in [6, 6.07) is 0. The zero-order valence-corrected chi connectivity index (χ0v) is 12.7. The highest BCUT2D eigenvalue weighted by atomic mass is 14.3. The van der Waals surface area contributed by atoms with Crippen molar-refractivity contribution in [1.29, 1.82) is 0 Å². The van der Waals surface area contributed by atoms with E-state index in [1.54, 1.807) is 0 Å². The lowest BCUT2D eigenvalue weighted by atomic mass is 9.71. The Kier molecular flexibility index (Phi) is 8.14. The van der Waals surface area contributed by atoms with Crippen LogP contribution in [0.2, 0.25) is 0 Å². The van der Waals surface area contributed by atoms with Gasteiger partial charge in [-0.05, 0) is 29.6 Å². The van der Waals surface area contributed by atoms with Crippen LogP contribution in [0.1, 0.15) is 74.1 Å². The van der Waals surface area contributed by atoms with Gasteiger partial charge in [-0.3, -0.25) is 0 Å². The van der Waals surface area contributed by atoms with E-state index in [1.165, 1.54) is 25.7 Å². The van der Waals surface area contributed by atoms with Crippen LogP contribution in [0, 0.1) is 29.6 Å². The summed E-state index contributed by atoms with van der Waals surface area (Å²) in [5, 5.41) is 0. The monoisotopic (exact) mass is 226 g/mol. The van der Waals surface area contributed by atoms with Gasteiger partial charge < -0.3 is 0 Å². The molecule has 0 rings (SSSR count). The summed E-state index contributed by atoms with van der Waals surface area (Å²) in [6.45, 7) is 16.8. The van der Waals surface area contributed by atoms with Crippen LogP contribution in [0.15, 0.2) is 0 Å². The Balaban J connectivity index is 4.42. The van der Waals surface area contributed by atoms with Gasteiger partial charge in [0.15, 0.2) is 0 Å². The highest BCUT2D eigenvalue weighted by Gasteiger charge is 2.27. The summed E-state index contributed by atoms with van der Waals surface area (Å²) in [5.41, 5.74) is 0. The fraction of sp³-hybridized carbons (Fsp3) is 1.00. The van der Waals surface area contributed by atoms with Crippen molar-refractivity contribution in [2.24, 2.45) is 29.6 Å². The van der Waals surface area contributed by atoms with Gasteiger partial charge in [-0.1, -0.05) is 74.1 Å². The van der Waals surface area contributed by atoms with Crippen molar-refractivity contribution in [2.45, 2.75) is 74.1 Å². The van der Waals surface area contributed by atoms with Gasteiger partial charge in [0.25, 0.3) is 0 Å². The summed E-state index contributed by atoms with van der Waals surface area (Å²) in [5.74, 6) is 4.44. The van der Waals surface area contributed by atoms with Crippen LogP contribution in [0.25, 0.3) is 0 Å². The molecule has 0 spiro atoms. The fourth-order valence-electron chi connectivity index (χ4n) is 3.22. The van der Waals surface area contributed by atoms with Crippen molar-refractivity contribution in [3.05, 3.63) is 0 Å². The Hall–Kier alpha value is 0. The minimum atomic E-state index is 0.874. The molecule has 0 saturated heterocycles. The molecule has 0 N–H and O–H groups in total. The lowest BCUT2D eigenvalue weighted by molar-refractivity contribution is 0.144. The Morgan fingerprint density at radius 2 is 1.25 bits per heavy atom. The van der Waals surface area contributed by atoms with Crippen LogP contribution in [-0.2, 0) is 0 Å². The third kappa shape index (κ3) is 4.47. The molecule has 5 unspecified atom stereocenters. The van der Waals surface area contributed by atoms with Gasteiger partial charge in [-0.25, -0.2) is 0 Å². The van der Waals surface area contributed by atoms with Gasteiger partial charge in [-0.2, -0.15) is 0 Å². The fourth-order valence-corrected chi connectivity index (χ4v) is 3.22. The molecule has 0 bridgehead atoms. The lowest BCUT2D eigenvalue weighted by Crippen LogP contribution is -2.27. The van der Waals surface area contributed by atoms with Crippen molar-refractivity contribution in [2.75, 3.05) is 0 Å². The van der Waals surface area contributed by atoms with Gasteiger partial charge in [0.05, 0.1) is 0 Å². The standard InChI is InChI=1S/C16H34/c1-8-11-13(5)14(6)15(7)16(10-3)12(4)9-2/h12-16H,8-11H2,1-7H3. The van der Waals surface area contributed by atoms with Crippen LogP contribution in [-0.4, -0.2) is 0 Å². The van der Waals surface area contributed by atoms with Gasteiger partial charge in [0, 0.05) is 0 Å². The van der Waals surface area contributed by atoms with E-state index < -0.39 is 0 Å². The molecule has 0 aliphatic heterocycles. The van der Waals surface area contributed by atoms with Crippen LogP contribution >= 0.6 is 0 Å². The smallest absolute Gasteiger partial charge is 0.0363 e. The molecule has 0 aromatic rings. The molecule has 0 aliphatic carbocycles. The summed E-state index contributed by atoms with van der Waals surface area (Å²) in [7, 11) is 0. The van der Waals surface area contributed by atoms with Gasteiger partial charge in [0.1, 0.15) is 0 Å². The van der Waals surface area contributed by atoms with Crippen molar-refractivity contribution in [3.63, 3.8) is 0 Å². The van der Waals surface area contributed by atoms with Crippen LogP contribution < -0.4 is 0 Å².